The Hall–Kier alpha value is -1.32. The smallest absolute Gasteiger partial charge is 0.122 e. The molecule has 0 atom stereocenters. The fraction of sp³-hybridized carbons (Fsp3) is 0.500. The molecule has 3 nitrogen and oxygen atoms in total. The molecular weight excluding hydrogens is 236 g/mol. The number of hydrogen-bond acceptors (Lipinski definition) is 2. The van der Waals surface area contributed by atoms with Gasteiger partial charge >= 0.3 is 0 Å². The second-order valence-electron chi connectivity index (χ2n) is 5.40. The zero-order valence-electron chi connectivity index (χ0n) is 11.6. The van der Waals surface area contributed by atoms with Crippen LogP contribution in [-0.4, -0.2) is 17.7 Å². The molecule has 1 aromatic carbocycles. The third-order valence-corrected chi connectivity index (χ3v) is 3.70. The molecule has 2 aromatic rings. The maximum atomic E-state index is 5.76. The molecule has 0 saturated heterocycles. The third-order valence-electron chi connectivity index (χ3n) is 3.70. The first kappa shape index (κ1) is 12.7. The van der Waals surface area contributed by atoms with E-state index >= 15 is 0 Å². The minimum atomic E-state index is 0.673. The molecule has 3 rings (SSSR count). The largest absolute Gasteiger partial charge is 0.360 e. The van der Waals surface area contributed by atoms with Crippen LogP contribution in [0, 0.1) is 5.92 Å². The maximum absolute atomic E-state index is 5.76. The molecule has 1 aliphatic carbocycles. The fourth-order valence-electron chi connectivity index (χ4n) is 2.34. The van der Waals surface area contributed by atoms with Crippen molar-refractivity contribution in [3.05, 3.63) is 36.0 Å². The number of aromatic nitrogens is 1. The van der Waals surface area contributed by atoms with E-state index in [1.165, 1.54) is 29.3 Å². The summed E-state index contributed by atoms with van der Waals surface area (Å²) in [6.45, 7) is 5.67. The van der Waals surface area contributed by atoms with Crippen LogP contribution < -0.4 is 5.32 Å². The van der Waals surface area contributed by atoms with Crippen molar-refractivity contribution in [1.29, 1.82) is 0 Å². The van der Waals surface area contributed by atoms with Gasteiger partial charge in [0.15, 0.2) is 0 Å². The third kappa shape index (κ3) is 3.17. The first-order valence-corrected chi connectivity index (χ1v) is 7.23. The Balaban J connectivity index is 1.67. The summed E-state index contributed by atoms with van der Waals surface area (Å²) in [6.07, 6.45) is 4.81. The summed E-state index contributed by atoms with van der Waals surface area (Å²) in [5, 5.41) is 4.65. The average molecular weight is 258 g/mol. The SMILES string of the molecule is CCNCc1ccc2c(ccn2COCC2CC2)c1. The van der Waals surface area contributed by atoms with Gasteiger partial charge in [0.2, 0.25) is 0 Å². The second kappa shape index (κ2) is 5.76. The fourth-order valence-corrected chi connectivity index (χ4v) is 2.34. The lowest BCUT2D eigenvalue weighted by Crippen LogP contribution is -2.11. The predicted molar refractivity (Wildman–Crippen MR) is 78.0 cm³/mol. The van der Waals surface area contributed by atoms with E-state index in [2.05, 4.69) is 47.3 Å². The Bertz CT molecular complexity index is 543. The molecule has 1 aromatic heterocycles. The van der Waals surface area contributed by atoms with Gasteiger partial charge in [-0.25, -0.2) is 0 Å². The van der Waals surface area contributed by atoms with Gasteiger partial charge in [-0.15, -0.1) is 0 Å². The zero-order chi connectivity index (χ0) is 13.1. The van der Waals surface area contributed by atoms with Crippen LogP contribution in [0.3, 0.4) is 0 Å². The molecule has 0 bridgehead atoms. The number of ether oxygens (including phenoxy) is 1. The summed E-state index contributed by atoms with van der Waals surface area (Å²) in [6, 6.07) is 8.82. The highest BCUT2D eigenvalue weighted by atomic mass is 16.5. The number of fused-ring (bicyclic) bond motifs is 1. The molecule has 0 aliphatic heterocycles. The van der Waals surface area contributed by atoms with Crippen molar-refractivity contribution >= 4 is 10.9 Å². The molecule has 1 fully saturated rings. The van der Waals surface area contributed by atoms with E-state index in [1.54, 1.807) is 0 Å². The topological polar surface area (TPSA) is 26.2 Å². The van der Waals surface area contributed by atoms with E-state index < -0.39 is 0 Å². The summed E-state index contributed by atoms with van der Waals surface area (Å²) in [5.41, 5.74) is 2.60. The number of rotatable bonds is 7. The molecule has 0 radical (unpaired) electrons. The molecule has 0 unspecified atom stereocenters. The first-order valence-electron chi connectivity index (χ1n) is 7.23. The van der Waals surface area contributed by atoms with Crippen LogP contribution in [0.15, 0.2) is 30.5 Å². The Morgan fingerprint density at radius 1 is 1.32 bits per heavy atom. The predicted octanol–water partition coefficient (Wildman–Crippen LogP) is 3.13. The quantitative estimate of drug-likeness (QED) is 0.825. The molecule has 1 saturated carbocycles. The molecule has 19 heavy (non-hydrogen) atoms. The van der Waals surface area contributed by atoms with Crippen molar-refractivity contribution in [2.24, 2.45) is 5.92 Å². The van der Waals surface area contributed by atoms with Gasteiger partial charge in [-0.1, -0.05) is 13.0 Å². The van der Waals surface area contributed by atoms with E-state index in [0.29, 0.717) is 6.73 Å². The van der Waals surface area contributed by atoms with Crippen LogP contribution >= 0.6 is 0 Å². The van der Waals surface area contributed by atoms with E-state index in [0.717, 1.165) is 25.6 Å². The van der Waals surface area contributed by atoms with Crippen LogP contribution in [0.2, 0.25) is 0 Å². The second-order valence-corrected chi connectivity index (χ2v) is 5.40. The maximum Gasteiger partial charge on any atom is 0.122 e. The highest BCUT2D eigenvalue weighted by molar-refractivity contribution is 5.80. The number of nitrogens with zero attached hydrogens (tertiary/aromatic N) is 1. The van der Waals surface area contributed by atoms with Gasteiger partial charge in [-0.2, -0.15) is 0 Å². The Kier molecular flexibility index (Phi) is 3.85. The minimum absolute atomic E-state index is 0.673. The normalized spacial score (nSPS) is 15.2. The Morgan fingerprint density at radius 3 is 3.00 bits per heavy atom. The van der Waals surface area contributed by atoms with Gasteiger partial charge < -0.3 is 14.6 Å². The molecule has 1 heterocycles. The van der Waals surface area contributed by atoms with Gasteiger partial charge in [0, 0.05) is 18.3 Å². The summed E-state index contributed by atoms with van der Waals surface area (Å²) < 4.78 is 7.95. The van der Waals surface area contributed by atoms with Gasteiger partial charge in [0.1, 0.15) is 6.73 Å². The summed E-state index contributed by atoms with van der Waals surface area (Å²) in [5.74, 6) is 0.827. The lowest BCUT2D eigenvalue weighted by Gasteiger charge is -2.07. The highest BCUT2D eigenvalue weighted by Gasteiger charge is 2.21. The first-order chi connectivity index (χ1) is 9.36. The van der Waals surface area contributed by atoms with Crippen LogP contribution in [0.4, 0.5) is 0 Å². The van der Waals surface area contributed by atoms with Gasteiger partial charge in [0.25, 0.3) is 0 Å². The standard InChI is InChI=1S/C16H22N2O/c1-2-17-10-14-5-6-16-15(9-14)7-8-18(16)12-19-11-13-3-4-13/h5-9,13,17H,2-4,10-12H2,1H3. The monoisotopic (exact) mass is 258 g/mol. The summed E-state index contributed by atoms with van der Waals surface area (Å²) >= 11 is 0. The lowest BCUT2D eigenvalue weighted by molar-refractivity contribution is 0.0718. The molecular formula is C16H22N2O. The molecule has 102 valence electrons. The summed E-state index contributed by atoms with van der Waals surface area (Å²) in [7, 11) is 0. The molecule has 0 amide bonds. The van der Waals surface area contributed by atoms with Gasteiger partial charge in [0.05, 0.1) is 6.61 Å². The van der Waals surface area contributed by atoms with Crippen LogP contribution in [-0.2, 0) is 18.0 Å². The molecule has 1 aliphatic rings. The Morgan fingerprint density at radius 2 is 2.21 bits per heavy atom. The summed E-state index contributed by atoms with van der Waals surface area (Å²) in [4.78, 5) is 0. The van der Waals surface area contributed by atoms with E-state index in [4.69, 9.17) is 4.74 Å². The van der Waals surface area contributed by atoms with E-state index in [9.17, 15) is 0 Å². The molecule has 1 N–H and O–H groups in total. The number of nitrogens with one attached hydrogen (secondary N) is 1. The van der Waals surface area contributed by atoms with E-state index in [-0.39, 0.29) is 0 Å². The number of benzene rings is 1. The van der Waals surface area contributed by atoms with Crippen molar-refractivity contribution in [1.82, 2.24) is 9.88 Å². The van der Waals surface area contributed by atoms with Crippen LogP contribution in [0.5, 0.6) is 0 Å². The van der Waals surface area contributed by atoms with Gasteiger partial charge in [-0.05, 0) is 54.5 Å². The number of hydrogen-bond donors (Lipinski definition) is 1. The molecule has 3 heteroatoms. The van der Waals surface area contributed by atoms with Crippen molar-refractivity contribution in [2.45, 2.75) is 33.0 Å². The lowest BCUT2D eigenvalue weighted by atomic mass is 10.1. The van der Waals surface area contributed by atoms with E-state index in [1.807, 2.05) is 0 Å². The van der Waals surface area contributed by atoms with Crippen molar-refractivity contribution in [3.63, 3.8) is 0 Å². The minimum Gasteiger partial charge on any atom is -0.360 e. The zero-order valence-corrected chi connectivity index (χ0v) is 11.6. The van der Waals surface area contributed by atoms with Crippen LogP contribution in [0.1, 0.15) is 25.3 Å². The van der Waals surface area contributed by atoms with Crippen molar-refractivity contribution in [3.8, 4) is 0 Å². The van der Waals surface area contributed by atoms with Crippen molar-refractivity contribution < 1.29 is 4.74 Å². The molecule has 0 spiro atoms. The Labute approximate surface area is 114 Å². The average Bonchev–Trinajstić information content (AvgIpc) is 3.17. The van der Waals surface area contributed by atoms with Crippen LogP contribution in [0.25, 0.3) is 10.9 Å². The highest BCUT2D eigenvalue weighted by Crippen LogP contribution is 2.29. The van der Waals surface area contributed by atoms with Crippen molar-refractivity contribution in [2.75, 3.05) is 13.2 Å². The van der Waals surface area contributed by atoms with Gasteiger partial charge in [-0.3, -0.25) is 0 Å².